The Morgan fingerprint density at radius 2 is 1.39 bits per heavy atom. The minimum absolute atomic E-state index is 0.0468. The predicted octanol–water partition coefficient (Wildman–Crippen LogP) is 0.633. The van der Waals surface area contributed by atoms with Crippen molar-refractivity contribution < 1.29 is 16.8 Å². The molecule has 0 atom stereocenters. The van der Waals surface area contributed by atoms with Crippen LogP contribution in [0.15, 0.2) is 23.2 Å². The van der Waals surface area contributed by atoms with Crippen molar-refractivity contribution >= 4 is 20.2 Å². The van der Waals surface area contributed by atoms with Crippen LogP contribution in [0, 0.1) is 0 Å². The quantitative estimate of drug-likeness (QED) is 0.698. The van der Waals surface area contributed by atoms with Gasteiger partial charge in [-0.1, -0.05) is 20.8 Å². The Kier molecular flexibility index (Phi) is 7.76. The summed E-state index contributed by atoms with van der Waals surface area (Å²) in [5.41, 5.74) is 0.853. The SMILES string of the molecule is CC(C)(C)N1CCN(S(N)(=O)=O)CC1.CC(C)(C)c1ccc(S(N)(=O)=O)cn1. The van der Waals surface area contributed by atoms with Gasteiger partial charge in [0.15, 0.2) is 0 Å². The van der Waals surface area contributed by atoms with Crippen LogP contribution in [0.25, 0.3) is 0 Å². The van der Waals surface area contributed by atoms with Crippen molar-refractivity contribution in [2.45, 2.75) is 57.4 Å². The van der Waals surface area contributed by atoms with E-state index in [0.717, 1.165) is 18.8 Å². The molecule has 28 heavy (non-hydrogen) atoms. The number of pyridine rings is 1. The summed E-state index contributed by atoms with van der Waals surface area (Å²) in [5, 5.41) is 9.99. The van der Waals surface area contributed by atoms with Crippen LogP contribution >= 0.6 is 0 Å². The van der Waals surface area contributed by atoms with E-state index in [9.17, 15) is 16.8 Å². The monoisotopic (exact) mass is 435 g/mol. The van der Waals surface area contributed by atoms with Crippen molar-refractivity contribution in [3.63, 3.8) is 0 Å². The van der Waals surface area contributed by atoms with Crippen molar-refractivity contribution in [3.05, 3.63) is 24.0 Å². The fourth-order valence-electron chi connectivity index (χ4n) is 2.61. The van der Waals surface area contributed by atoms with Gasteiger partial charge in [0, 0.05) is 49.0 Å². The number of aromatic nitrogens is 1. The maximum Gasteiger partial charge on any atom is 0.276 e. The Morgan fingerprint density at radius 3 is 1.68 bits per heavy atom. The number of nitrogens with two attached hydrogens (primary N) is 2. The molecule has 0 spiro atoms. The Hall–Kier alpha value is -1.11. The molecule has 0 bridgehead atoms. The first kappa shape index (κ1) is 24.9. The van der Waals surface area contributed by atoms with Gasteiger partial charge in [0.1, 0.15) is 4.90 Å². The molecule has 0 amide bonds. The summed E-state index contributed by atoms with van der Waals surface area (Å²) >= 11 is 0. The number of sulfonamides is 1. The first-order valence-electron chi connectivity index (χ1n) is 8.94. The van der Waals surface area contributed by atoms with Gasteiger partial charge in [-0.2, -0.15) is 12.7 Å². The summed E-state index contributed by atoms with van der Waals surface area (Å²) in [6, 6.07) is 3.16. The highest BCUT2D eigenvalue weighted by Gasteiger charge is 2.29. The number of rotatable bonds is 2. The number of primary sulfonamides is 1. The summed E-state index contributed by atoms with van der Waals surface area (Å²) in [6.45, 7) is 14.9. The zero-order valence-corrected chi connectivity index (χ0v) is 19.1. The van der Waals surface area contributed by atoms with Crippen molar-refractivity contribution in [2.75, 3.05) is 26.2 Å². The molecule has 9 nitrogen and oxygen atoms in total. The van der Waals surface area contributed by atoms with Crippen LogP contribution in [0.2, 0.25) is 0 Å². The number of piperazine rings is 1. The van der Waals surface area contributed by atoms with E-state index in [0.29, 0.717) is 13.1 Å². The Bertz CT molecular complexity index is 846. The number of hydrogen-bond donors (Lipinski definition) is 2. The lowest BCUT2D eigenvalue weighted by molar-refractivity contribution is 0.0922. The van der Waals surface area contributed by atoms with E-state index in [1.54, 1.807) is 6.07 Å². The third-order valence-corrected chi connectivity index (χ3v) is 6.36. The molecule has 0 radical (unpaired) electrons. The summed E-state index contributed by atoms with van der Waals surface area (Å²) in [5.74, 6) is 0. The first-order chi connectivity index (χ1) is 12.4. The molecule has 2 rings (SSSR count). The summed E-state index contributed by atoms with van der Waals surface area (Å²) in [6.07, 6.45) is 1.29. The molecule has 1 aliphatic rings. The lowest BCUT2D eigenvalue weighted by Gasteiger charge is -2.41. The Labute approximate surface area is 169 Å². The van der Waals surface area contributed by atoms with E-state index in [1.165, 1.54) is 16.6 Å². The van der Waals surface area contributed by atoms with Gasteiger partial charge < -0.3 is 0 Å². The van der Waals surface area contributed by atoms with Crippen molar-refractivity contribution in [1.82, 2.24) is 14.2 Å². The second-order valence-electron chi connectivity index (χ2n) is 8.78. The van der Waals surface area contributed by atoms with Gasteiger partial charge in [0.2, 0.25) is 10.0 Å². The fraction of sp³-hybridized carbons (Fsp3) is 0.706. The standard InChI is InChI=1S/C9H14N2O2S.C8H19N3O2S/c1-9(2,3)8-5-4-7(6-11-8)14(10,12)13;1-8(2,3)10-4-6-11(7-5-10)14(9,12)13/h4-6H,1-3H3,(H2,10,12,13);4-7H2,1-3H3,(H2,9,12,13). The molecule has 2 heterocycles. The van der Waals surface area contributed by atoms with Gasteiger partial charge in [-0.25, -0.2) is 18.7 Å². The van der Waals surface area contributed by atoms with E-state index in [2.05, 4.69) is 30.7 Å². The van der Waals surface area contributed by atoms with Gasteiger partial charge >= 0.3 is 0 Å². The first-order valence-corrected chi connectivity index (χ1v) is 12.0. The fourth-order valence-corrected chi connectivity index (χ4v) is 3.74. The average Bonchev–Trinajstić information content (AvgIpc) is 2.52. The van der Waals surface area contributed by atoms with E-state index in [1.807, 2.05) is 20.8 Å². The molecule has 1 aromatic rings. The van der Waals surface area contributed by atoms with Crippen LogP contribution in [-0.4, -0.2) is 62.7 Å². The molecule has 4 N–H and O–H groups in total. The van der Waals surface area contributed by atoms with Crippen LogP contribution in [-0.2, 0) is 25.6 Å². The summed E-state index contributed by atoms with van der Waals surface area (Å²) in [7, 11) is -7.12. The van der Waals surface area contributed by atoms with Crippen molar-refractivity contribution in [2.24, 2.45) is 10.3 Å². The highest BCUT2D eigenvalue weighted by molar-refractivity contribution is 7.89. The van der Waals surface area contributed by atoms with Crippen LogP contribution in [0.5, 0.6) is 0 Å². The normalized spacial score (nSPS) is 17.7. The lowest BCUT2D eigenvalue weighted by Crippen LogP contribution is -2.55. The smallest absolute Gasteiger partial charge is 0.276 e. The molecule has 0 aromatic carbocycles. The van der Waals surface area contributed by atoms with Crippen LogP contribution < -0.4 is 10.3 Å². The molecule has 162 valence electrons. The van der Waals surface area contributed by atoms with Gasteiger partial charge in [-0.05, 0) is 32.9 Å². The van der Waals surface area contributed by atoms with Crippen LogP contribution in [0.3, 0.4) is 0 Å². The minimum atomic E-state index is -3.63. The van der Waals surface area contributed by atoms with Gasteiger partial charge in [-0.3, -0.25) is 9.88 Å². The maximum absolute atomic E-state index is 11.0. The average molecular weight is 436 g/mol. The molecule has 0 aliphatic carbocycles. The molecular weight excluding hydrogens is 402 g/mol. The molecule has 11 heteroatoms. The lowest BCUT2D eigenvalue weighted by atomic mass is 9.92. The predicted molar refractivity (Wildman–Crippen MR) is 110 cm³/mol. The van der Waals surface area contributed by atoms with Crippen LogP contribution in [0.1, 0.15) is 47.2 Å². The molecule has 1 aliphatic heterocycles. The highest BCUT2D eigenvalue weighted by Crippen LogP contribution is 2.20. The Morgan fingerprint density at radius 1 is 0.893 bits per heavy atom. The van der Waals surface area contributed by atoms with E-state index in [4.69, 9.17) is 10.3 Å². The van der Waals surface area contributed by atoms with Crippen LogP contribution in [0.4, 0.5) is 0 Å². The third kappa shape index (κ3) is 7.72. The minimum Gasteiger partial charge on any atom is -0.296 e. The number of hydrogen-bond acceptors (Lipinski definition) is 6. The van der Waals surface area contributed by atoms with Crippen molar-refractivity contribution in [3.8, 4) is 0 Å². The van der Waals surface area contributed by atoms with Crippen molar-refractivity contribution in [1.29, 1.82) is 0 Å². The molecule has 0 saturated carbocycles. The van der Waals surface area contributed by atoms with Gasteiger partial charge in [0.25, 0.3) is 10.2 Å². The molecule has 1 saturated heterocycles. The molecular formula is C17H33N5O4S2. The van der Waals surface area contributed by atoms with E-state index < -0.39 is 20.2 Å². The third-order valence-electron chi connectivity index (χ3n) is 4.38. The number of nitrogens with zero attached hydrogens (tertiary/aromatic N) is 3. The largest absolute Gasteiger partial charge is 0.296 e. The molecule has 1 fully saturated rings. The second kappa shape index (κ2) is 8.72. The molecule has 0 unspecified atom stereocenters. The molecule has 1 aromatic heterocycles. The topological polar surface area (TPSA) is 140 Å². The Balaban J connectivity index is 0.000000280. The zero-order chi connectivity index (χ0) is 22.0. The van der Waals surface area contributed by atoms with Gasteiger partial charge in [0.05, 0.1) is 0 Å². The van der Waals surface area contributed by atoms with Gasteiger partial charge in [-0.15, -0.1) is 0 Å². The summed E-state index contributed by atoms with van der Waals surface area (Å²) < 4.78 is 45.2. The van der Waals surface area contributed by atoms with E-state index in [-0.39, 0.29) is 15.8 Å². The maximum atomic E-state index is 11.0. The zero-order valence-electron chi connectivity index (χ0n) is 17.5. The highest BCUT2D eigenvalue weighted by atomic mass is 32.2. The summed E-state index contributed by atoms with van der Waals surface area (Å²) in [4.78, 5) is 6.36. The second-order valence-corrected chi connectivity index (χ2v) is 11.9. The van der Waals surface area contributed by atoms with E-state index >= 15 is 0 Å².